The van der Waals surface area contributed by atoms with E-state index in [-0.39, 0.29) is 5.71 Å². The number of nitrogens with one attached hydrogen (secondary N) is 4. The number of aromatic nitrogens is 4. The van der Waals surface area contributed by atoms with Crippen LogP contribution in [0, 0.1) is 30.6 Å². The molecule has 11 heteroatoms. The van der Waals surface area contributed by atoms with Gasteiger partial charge in [-0.05, 0) is 31.5 Å². The zero-order valence-electron chi connectivity index (χ0n) is 16.7. The Morgan fingerprint density at radius 2 is 2.03 bits per heavy atom. The molecular formula is C19H21N11. The number of aryl methyl sites for hydroxylation is 2. The molecule has 3 aromatic rings. The second kappa shape index (κ2) is 8.70. The van der Waals surface area contributed by atoms with E-state index < -0.39 is 5.84 Å². The molecule has 2 aromatic heterocycles. The number of nitrogens with two attached hydrogens (primary N) is 1. The Labute approximate surface area is 173 Å². The van der Waals surface area contributed by atoms with E-state index in [0.717, 1.165) is 22.8 Å². The van der Waals surface area contributed by atoms with Crippen LogP contribution in [0.4, 0.5) is 23.0 Å². The molecule has 11 nitrogen and oxygen atoms in total. The van der Waals surface area contributed by atoms with Crippen molar-refractivity contribution < 1.29 is 0 Å². The predicted molar refractivity (Wildman–Crippen MR) is 116 cm³/mol. The average molecular weight is 403 g/mol. The van der Waals surface area contributed by atoms with E-state index in [0.29, 0.717) is 17.3 Å². The maximum Gasteiger partial charge on any atom is 0.201 e. The molecule has 3 rings (SSSR count). The molecule has 0 spiro atoms. The van der Waals surface area contributed by atoms with Gasteiger partial charge in [0.25, 0.3) is 0 Å². The lowest BCUT2D eigenvalue weighted by molar-refractivity contribution is 0.833. The Kier molecular flexibility index (Phi) is 5.88. The maximum atomic E-state index is 8.97. The minimum Gasteiger partial charge on any atom is -0.382 e. The molecular weight excluding hydrogens is 382 g/mol. The van der Waals surface area contributed by atoms with Crippen LogP contribution in [0.15, 0.2) is 41.8 Å². The number of anilines is 4. The zero-order chi connectivity index (χ0) is 21.7. The van der Waals surface area contributed by atoms with Gasteiger partial charge in [0.15, 0.2) is 11.7 Å². The van der Waals surface area contributed by atoms with Gasteiger partial charge in [0.1, 0.15) is 24.0 Å². The summed E-state index contributed by atoms with van der Waals surface area (Å²) in [5.74, 6) is 1.61. The number of amidine groups is 1. The van der Waals surface area contributed by atoms with Crippen molar-refractivity contribution in [2.45, 2.75) is 13.8 Å². The smallest absolute Gasteiger partial charge is 0.201 e. The second-order valence-electron chi connectivity index (χ2n) is 6.35. The van der Waals surface area contributed by atoms with Crippen molar-refractivity contribution in [3.05, 3.63) is 47.9 Å². The lowest BCUT2D eigenvalue weighted by atomic mass is 10.2. The van der Waals surface area contributed by atoms with Crippen LogP contribution in [0.3, 0.4) is 0 Å². The lowest BCUT2D eigenvalue weighted by Gasteiger charge is -2.13. The van der Waals surface area contributed by atoms with Crippen molar-refractivity contribution in [2.75, 3.05) is 23.1 Å². The van der Waals surface area contributed by atoms with Gasteiger partial charge in [-0.1, -0.05) is 6.07 Å². The molecule has 0 aliphatic heterocycles. The van der Waals surface area contributed by atoms with Crippen LogP contribution in [-0.2, 0) is 0 Å². The van der Waals surface area contributed by atoms with Gasteiger partial charge in [-0.3, -0.25) is 10.8 Å². The summed E-state index contributed by atoms with van der Waals surface area (Å²) in [5, 5.41) is 31.0. The highest BCUT2D eigenvalue weighted by molar-refractivity contribution is 6.45. The summed E-state index contributed by atoms with van der Waals surface area (Å²) in [6.07, 6.45) is 1.47. The summed E-state index contributed by atoms with van der Waals surface area (Å²) in [4.78, 5) is 8.44. The highest BCUT2D eigenvalue weighted by atomic mass is 15.4. The fraction of sp³-hybridized carbons (Fsp3) is 0.158. The second-order valence-corrected chi connectivity index (χ2v) is 6.35. The van der Waals surface area contributed by atoms with Gasteiger partial charge >= 0.3 is 0 Å². The molecule has 0 saturated carbocycles. The van der Waals surface area contributed by atoms with Gasteiger partial charge in [-0.25, -0.2) is 9.97 Å². The van der Waals surface area contributed by atoms with Gasteiger partial charge in [0.2, 0.25) is 5.71 Å². The molecule has 0 saturated heterocycles. The molecule has 152 valence electrons. The van der Waals surface area contributed by atoms with Crippen molar-refractivity contribution in [2.24, 2.45) is 10.8 Å². The van der Waals surface area contributed by atoms with Crippen LogP contribution in [0.2, 0.25) is 0 Å². The molecule has 0 bridgehead atoms. The zero-order valence-corrected chi connectivity index (χ0v) is 16.7. The van der Waals surface area contributed by atoms with E-state index in [9.17, 15) is 0 Å². The molecule has 0 unspecified atom stereocenters. The Morgan fingerprint density at radius 1 is 1.23 bits per heavy atom. The highest BCUT2D eigenvalue weighted by Crippen LogP contribution is 2.26. The van der Waals surface area contributed by atoms with Crippen molar-refractivity contribution >= 4 is 34.6 Å². The molecule has 0 radical (unpaired) electrons. The van der Waals surface area contributed by atoms with Gasteiger partial charge in [0.05, 0.1) is 11.4 Å². The molecule has 0 atom stereocenters. The summed E-state index contributed by atoms with van der Waals surface area (Å²) < 4.78 is 1.69. The first-order chi connectivity index (χ1) is 14.4. The third-order valence-corrected chi connectivity index (χ3v) is 4.12. The van der Waals surface area contributed by atoms with Crippen LogP contribution in [0.1, 0.15) is 11.3 Å². The number of hydrogen-bond acceptors (Lipinski definition) is 9. The Hall–Kier alpha value is -4.46. The Bertz CT molecular complexity index is 1150. The third kappa shape index (κ3) is 4.50. The van der Waals surface area contributed by atoms with Gasteiger partial charge in [-0.15, -0.1) is 0 Å². The van der Waals surface area contributed by atoms with Gasteiger partial charge in [0, 0.05) is 24.9 Å². The minimum absolute atomic E-state index is 0.192. The van der Waals surface area contributed by atoms with Crippen molar-refractivity contribution in [1.82, 2.24) is 19.7 Å². The first-order valence-electron chi connectivity index (χ1n) is 8.94. The number of nitriles is 1. The summed E-state index contributed by atoms with van der Waals surface area (Å²) in [5.41, 5.74) is 11.1. The van der Waals surface area contributed by atoms with Gasteiger partial charge in [-0.2, -0.15) is 20.1 Å². The fourth-order valence-electron chi connectivity index (χ4n) is 2.59. The molecule has 30 heavy (non-hydrogen) atoms. The number of nitrogens with zero attached hydrogens (tertiary/aromatic N) is 6. The van der Waals surface area contributed by atoms with E-state index in [1.807, 2.05) is 38.1 Å². The number of rotatable bonds is 7. The quantitative estimate of drug-likeness (QED) is 0.228. The Balaban J connectivity index is 1.92. The van der Waals surface area contributed by atoms with Crippen LogP contribution in [0.25, 0.3) is 5.82 Å². The summed E-state index contributed by atoms with van der Waals surface area (Å²) in [6.45, 7) is 3.86. The normalized spacial score (nSPS) is 10.9. The SMILES string of the molecule is CNc1cc(-n2nc(C)cc2Nc2cc(N/N=C(\C#N)C(=N)N)ccc2C)ncn1. The first-order valence-corrected chi connectivity index (χ1v) is 8.94. The number of hydrazone groups is 1. The molecule has 0 aliphatic rings. The Morgan fingerprint density at radius 3 is 2.73 bits per heavy atom. The van der Waals surface area contributed by atoms with Crippen molar-refractivity contribution in [3.63, 3.8) is 0 Å². The monoisotopic (exact) mass is 403 g/mol. The van der Waals surface area contributed by atoms with Crippen LogP contribution < -0.4 is 21.8 Å². The van der Waals surface area contributed by atoms with Crippen molar-refractivity contribution in [1.29, 1.82) is 10.7 Å². The summed E-state index contributed by atoms with van der Waals surface area (Å²) in [6, 6.07) is 11.0. The highest BCUT2D eigenvalue weighted by Gasteiger charge is 2.12. The van der Waals surface area contributed by atoms with E-state index in [1.165, 1.54) is 6.33 Å². The van der Waals surface area contributed by atoms with E-state index >= 15 is 0 Å². The average Bonchev–Trinajstić information content (AvgIpc) is 3.10. The molecule has 6 N–H and O–H groups in total. The minimum atomic E-state index is -0.402. The fourth-order valence-corrected chi connectivity index (χ4v) is 2.59. The largest absolute Gasteiger partial charge is 0.382 e. The standard InChI is InChI=1S/C19H21N11/c1-11-4-5-13(27-28-15(9-20)19(21)22)7-14(11)26-18-6-12(2)29-30(18)17-8-16(23-3)24-10-25-17/h4-8,10,26-27H,1-3H3,(H3,21,22)(H,23,24,25)/b28-15+. The first kappa shape index (κ1) is 20.3. The van der Waals surface area contributed by atoms with Crippen molar-refractivity contribution in [3.8, 4) is 11.9 Å². The topological polar surface area (TPSA) is 166 Å². The predicted octanol–water partition coefficient (Wildman–Crippen LogP) is 2.29. The lowest BCUT2D eigenvalue weighted by Crippen LogP contribution is -2.21. The van der Waals surface area contributed by atoms with Crippen LogP contribution >= 0.6 is 0 Å². The molecule has 1 aromatic carbocycles. The summed E-state index contributed by atoms with van der Waals surface area (Å²) >= 11 is 0. The van der Waals surface area contributed by atoms with E-state index in [4.69, 9.17) is 16.4 Å². The molecule has 2 heterocycles. The molecule has 0 fully saturated rings. The summed E-state index contributed by atoms with van der Waals surface area (Å²) in [7, 11) is 1.79. The third-order valence-electron chi connectivity index (χ3n) is 4.12. The molecule has 0 aliphatic carbocycles. The molecule has 0 amide bonds. The van der Waals surface area contributed by atoms with Gasteiger partial charge < -0.3 is 16.4 Å². The number of benzene rings is 1. The van der Waals surface area contributed by atoms with Crippen LogP contribution in [0.5, 0.6) is 0 Å². The maximum absolute atomic E-state index is 8.97. The van der Waals surface area contributed by atoms with Crippen LogP contribution in [-0.4, -0.2) is 38.3 Å². The van der Waals surface area contributed by atoms with E-state index in [2.05, 4.69) is 36.2 Å². The number of hydrogen-bond donors (Lipinski definition) is 5. The van der Waals surface area contributed by atoms with E-state index in [1.54, 1.807) is 23.9 Å².